The van der Waals surface area contributed by atoms with E-state index in [9.17, 15) is 14.7 Å². The minimum absolute atomic E-state index is 0.0775. The summed E-state index contributed by atoms with van der Waals surface area (Å²) in [7, 11) is 1.53. The lowest BCUT2D eigenvalue weighted by molar-refractivity contribution is -0.139. The molecule has 1 aromatic heterocycles. The van der Waals surface area contributed by atoms with Crippen molar-refractivity contribution in [3.63, 3.8) is 0 Å². The van der Waals surface area contributed by atoms with Crippen molar-refractivity contribution < 1.29 is 28.8 Å². The molecule has 212 valence electrons. The highest BCUT2D eigenvalue weighted by Crippen LogP contribution is 2.37. The van der Waals surface area contributed by atoms with Gasteiger partial charge in [0, 0.05) is 0 Å². The van der Waals surface area contributed by atoms with Gasteiger partial charge in [-0.05, 0) is 76.1 Å². The van der Waals surface area contributed by atoms with Crippen molar-refractivity contribution in [2.75, 3.05) is 20.3 Å². The Morgan fingerprint density at radius 1 is 1.18 bits per heavy atom. The molecule has 1 N–H and O–H groups in total. The highest BCUT2D eigenvalue weighted by molar-refractivity contribution is 7.07. The van der Waals surface area contributed by atoms with E-state index in [1.54, 1.807) is 57.2 Å². The summed E-state index contributed by atoms with van der Waals surface area (Å²) >= 11 is 7.39. The first-order valence-corrected chi connectivity index (χ1v) is 14.0. The number of methoxy groups -OCH3 is 1. The van der Waals surface area contributed by atoms with Gasteiger partial charge in [0.05, 0.1) is 53.3 Å². The number of aromatic hydroxyl groups is 1. The monoisotopic (exact) mass is 586 g/mol. The van der Waals surface area contributed by atoms with Crippen LogP contribution in [0.4, 0.5) is 0 Å². The molecule has 1 aliphatic rings. The van der Waals surface area contributed by atoms with Gasteiger partial charge in [-0.25, -0.2) is 9.79 Å². The molecule has 0 aliphatic carbocycles. The Hall–Kier alpha value is -3.76. The van der Waals surface area contributed by atoms with Crippen molar-refractivity contribution in [1.82, 2.24) is 4.57 Å². The average molecular weight is 587 g/mol. The van der Waals surface area contributed by atoms with Crippen LogP contribution in [-0.4, -0.2) is 42.1 Å². The number of carbonyl (C=O) groups is 1. The van der Waals surface area contributed by atoms with Crippen molar-refractivity contribution >= 4 is 35.0 Å². The highest BCUT2D eigenvalue weighted by Gasteiger charge is 2.34. The van der Waals surface area contributed by atoms with Crippen LogP contribution in [0.5, 0.6) is 23.0 Å². The molecule has 0 bridgehead atoms. The maximum atomic E-state index is 13.9. The van der Waals surface area contributed by atoms with Crippen molar-refractivity contribution in [1.29, 1.82) is 0 Å². The number of ether oxygens (including phenoxy) is 4. The standard InChI is InChI=1S/C29H31ClN2O7S/c1-7-37-22-12-17(11-19(30)26(22)33)13-23-27(34)32-25(18-9-10-20(39-15(3)4)21(14-18)36-6)24(28(35)38-8-2)16(5)31-29(32)40-23/h9-15,25,33H,7-8H2,1-6H3/b23-13-/t25-/m0/s1. The molecule has 0 spiro atoms. The van der Waals surface area contributed by atoms with Crippen LogP contribution in [0.3, 0.4) is 0 Å². The van der Waals surface area contributed by atoms with E-state index < -0.39 is 12.0 Å². The summed E-state index contributed by atoms with van der Waals surface area (Å²) in [6.07, 6.45) is 1.57. The second kappa shape index (κ2) is 12.2. The molecular weight excluding hydrogens is 556 g/mol. The van der Waals surface area contributed by atoms with E-state index in [0.29, 0.717) is 44.3 Å². The topological polar surface area (TPSA) is 109 Å². The van der Waals surface area contributed by atoms with E-state index in [4.69, 9.17) is 30.5 Å². The Labute approximate surface area is 240 Å². The Kier molecular flexibility index (Phi) is 8.90. The van der Waals surface area contributed by atoms with E-state index in [1.165, 1.54) is 23.0 Å². The SMILES string of the molecule is CCOC(=O)C1=C(C)N=c2s/c(=C\c3cc(Cl)c(O)c(OCC)c3)c(=O)n2[C@H]1c1ccc(OC(C)C)c(OC)c1. The zero-order valence-electron chi connectivity index (χ0n) is 23.1. The molecular formula is C29H31ClN2O7S. The van der Waals surface area contributed by atoms with E-state index in [0.717, 1.165) is 0 Å². The van der Waals surface area contributed by atoms with Crippen molar-refractivity contribution in [3.8, 4) is 23.0 Å². The third-order valence-electron chi connectivity index (χ3n) is 6.03. The van der Waals surface area contributed by atoms with Gasteiger partial charge >= 0.3 is 5.97 Å². The maximum absolute atomic E-state index is 13.9. The summed E-state index contributed by atoms with van der Waals surface area (Å²) in [6.45, 7) is 9.55. The van der Waals surface area contributed by atoms with E-state index in [-0.39, 0.29) is 40.4 Å². The Balaban J connectivity index is 1.94. The van der Waals surface area contributed by atoms with Gasteiger partial charge in [-0.15, -0.1) is 0 Å². The summed E-state index contributed by atoms with van der Waals surface area (Å²) in [5.41, 5.74) is 1.54. The lowest BCUT2D eigenvalue weighted by Gasteiger charge is -2.25. The maximum Gasteiger partial charge on any atom is 0.338 e. The van der Waals surface area contributed by atoms with Crippen LogP contribution >= 0.6 is 22.9 Å². The first-order chi connectivity index (χ1) is 19.1. The molecule has 9 nitrogen and oxygen atoms in total. The molecule has 0 saturated carbocycles. The fourth-order valence-corrected chi connectivity index (χ4v) is 5.67. The van der Waals surface area contributed by atoms with Crippen LogP contribution in [0.2, 0.25) is 5.02 Å². The fourth-order valence-electron chi connectivity index (χ4n) is 4.41. The number of hydrogen-bond acceptors (Lipinski definition) is 9. The number of esters is 1. The molecule has 0 unspecified atom stereocenters. The summed E-state index contributed by atoms with van der Waals surface area (Å²) in [5.74, 6) is 0.490. The molecule has 1 aliphatic heterocycles. The number of aromatic nitrogens is 1. The summed E-state index contributed by atoms with van der Waals surface area (Å²) < 4.78 is 24.1. The largest absolute Gasteiger partial charge is 0.503 e. The van der Waals surface area contributed by atoms with Gasteiger partial charge in [0.25, 0.3) is 5.56 Å². The number of nitrogens with zero attached hydrogens (tertiary/aromatic N) is 2. The molecule has 0 fully saturated rings. The van der Waals surface area contributed by atoms with Gasteiger partial charge in [0.1, 0.15) is 0 Å². The third kappa shape index (κ3) is 5.73. The normalized spacial score (nSPS) is 15.1. The van der Waals surface area contributed by atoms with Gasteiger partial charge in [0.2, 0.25) is 0 Å². The predicted molar refractivity (Wildman–Crippen MR) is 153 cm³/mol. The minimum Gasteiger partial charge on any atom is -0.503 e. The Morgan fingerprint density at radius 3 is 2.58 bits per heavy atom. The van der Waals surface area contributed by atoms with Crippen LogP contribution in [0, 0.1) is 0 Å². The quantitative estimate of drug-likeness (QED) is 0.371. The van der Waals surface area contributed by atoms with Crippen LogP contribution < -0.4 is 29.1 Å². The van der Waals surface area contributed by atoms with Gasteiger partial charge < -0.3 is 24.1 Å². The molecule has 0 radical (unpaired) electrons. The number of phenolic OH excluding ortho intramolecular Hbond substituents is 1. The number of phenols is 1. The third-order valence-corrected chi connectivity index (χ3v) is 7.30. The van der Waals surface area contributed by atoms with Gasteiger partial charge in [-0.3, -0.25) is 9.36 Å². The second-order valence-corrected chi connectivity index (χ2v) is 10.6. The number of halogens is 1. The number of hydrogen-bond donors (Lipinski definition) is 1. The van der Waals surface area contributed by atoms with Crippen molar-refractivity contribution in [2.45, 2.75) is 46.8 Å². The minimum atomic E-state index is -0.818. The molecule has 2 aromatic carbocycles. The second-order valence-electron chi connectivity index (χ2n) is 9.16. The predicted octanol–water partition coefficient (Wildman–Crippen LogP) is 4.35. The summed E-state index contributed by atoms with van der Waals surface area (Å²) in [5, 5.41) is 10.3. The van der Waals surface area contributed by atoms with Crippen LogP contribution in [0.1, 0.15) is 51.8 Å². The molecule has 3 aromatic rings. The number of carbonyl (C=O) groups excluding carboxylic acids is 1. The lowest BCUT2D eigenvalue weighted by atomic mass is 9.95. The fraction of sp³-hybridized carbons (Fsp3) is 0.345. The van der Waals surface area contributed by atoms with E-state index >= 15 is 0 Å². The Bertz CT molecular complexity index is 1660. The number of fused-ring (bicyclic) bond motifs is 1. The first-order valence-electron chi connectivity index (χ1n) is 12.8. The summed E-state index contributed by atoms with van der Waals surface area (Å²) in [4.78, 5) is 32.1. The summed E-state index contributed by atoms with van der Waals surface area (Å²) in [6, 6.07) is 7.65. The van der Waals surface area contributed by atoms with E-state index in [2.05, 4.69) is 4.99 Å². The number of thiazole rings is 1. The molecule has 0 saturated heterocycles. The van der Waals surface area contributed by atoms with Crippen molar-refractivity contribution in [2.24, 2.45) is 4.99 Å². The smallest absolute Gasteiger partial charge is 0.338 e. The molecule has 40 heavy (non-hydrogen) atoms. The van der Waals surface area contributed by atoms with Crippen LogP contribution in [-0.2, 0) is 9.53 Å². The zero-order valence-corrected chi connectivity index (χ0v) is 24.7. The average Bonchev–Trinajstić information content (AvgIpc) is 3.20. The van der Waals surface area contributed by atoms with E-state index in [1.807, 2.05) is 13.8 Å². The molecule has 1 atom stereocenters. The zero-order chi connectivity index (χ0) is 29.1. The van der Waals surface area contributed by atoms with Crippen molar-refractivity contribution in [3.05, 3.63) is 77.4 Å². The lowest BCUT2D eigenvalue weighted by Crippen LogP contribution is -2.40. The van der Waals surface area contributed by atoms with Crippen LogP contribution in [0.15, 0.2) is 51.4 Å². The van der Waals surface area contributed by atoms with Gasteiger partial charge in [0.15, 0.2) is 27.8 Å². The number of rotatable bonds is 9. The number of benzene rings is 2. The number of allylic oxidation sites excluding steroid dienone is 1. The van der Waals surface area contributed by atoms with Crippen LogP contribution in [0.25, 0.3) is 6.08 Å². The van der Waals surface area contributed by atoms with Gasteiger partial charge in [-0.1, -0.05) is 29.0 Å². The molecule has 4 rings (SSSR count). The highest BCUT2D eigenvalue weighted by atomic mass is 35.5. The first kappa shape index (κ1) is 29.2. The Morgan fingerprint density at radius 2 is 1.93 bits per heavy atom. The molecule has 2 heterocycles. The molecule has 11 heteroatoms. The molecule has 0 amide bonds. The van der Waals surface area contributed by atoms with Gasteiger partial charge in [-0.2, -0.15) is 0 Å².